The zero-order valence-electron chi connectivity index (χ0n) is 32.3. The first-order chi connectivity index (χ1) is 28.0. The average Bonchev–Trinajstić information content (AvgIpc) is 3.59. The standard InChI is InChI=1S/C44H48N6O8/c1-48(25-28-12-6-3-7-13-28)36(22-27-10-4-2-5-11-27)42(56)47-41(55)33(23-30-26-49(38(52)20-21-39(53)54)35-15-9-8-14-32(30)35)45-37(51)24-34-44(58)50-31-18-16-29(17-19-31)40(50)43(57)46-34/h2-15,26,29,31,33-34,36,40H,16-25H2,1H3,(H,45,51)(H,46,57)(H,53,54)(H,47,55,56)/t29?,31?,33-,34+,36+,40+/m1/s1. The summed E-state index contributed by atoms with van der Waals surface area (Å²) >= 11 is 0. The minimum absolute atomic E-state index is 0.0527. The Kier molecular flexibility index (Phi) is 12.1. The van der Waals surface area contributed by atoms with Gasteiger partial charge < -0.3 is 20.6 Å². The van der Waals surface area contributed by atoms with Gasteiger partial charge >= 0.3 is 5.97 Å². The summed E-state index contributed by atoms with van der Waals surface area (Å²) in [7, 11) is 1.80. The van der Waals surface area contributed by atoms with Gasteiger partial charge in [-0.1, -0.05) is 78.9 Å². The van der Waals surface area contributed by atoms with Gasteiger partial charge in [-0.3, -0.25) is 48.3 Å². The Morgan fingerprint density at radius 3 is 2.17 bits per heavy atom. The summed E-state index contributed by atoms with van der Waals surface area (Å²) in [6.45, 7) is 0.413. The molecule has 4 aliphatic rings. The molecule has 0 spiro atoms. The molecule has 4 fully saturated rings. The monoisotopic (exact) mass is 788 g/mol. The molecule has 1 aromatic heterocycles. The van der Waals surface area contributed by atoms with E-state index in [0.29, 0.717) is 23.0 Å². The van der Waals surface area contributed by atoms with Crippen LogP contribution in [-0.4, -0.2) is 98.1 Å². The minimum atomic E-state index is -1.35. The summed E-state index contributed by atoms with van der Waals surface area (Å²) < 4.78 is 1.34. The van der Waals surface area contributed by atoms with E-state index in [4.69, 9.17) is 0 Å². The molecule has 0 unspecified atom stereocenters. The van der Waals surface area contributed by atoms with E-state index in [1.807, 2.05) is 65.6 Å². The Hall–Kier alpha value is -6.15. The lowest BCUT2D eigenvalue weighted by Crippen LogP contribution is -2.71. The minimum Gasteiger partial charge on any atom is -0.481 e. The molecule has 14 heteroatoms. The molecule has 0 radical (unpaired) electrons. The van der Waals surface area contributed by atoms with E-state index < -0.39 is 60.2 Å². The summed E-state index contributed by atoms with van der Waals surface area (Å²) in [5, 5.41) is 17.9. The van der Waals surface area contributed by atoms with Crippen molar-refractivity contribution in [3.63, 3.8) is 0 Å². The lowest BCUT2D eigenvalue weighted by molar-refractivity contribution is -0.163. The first-order valence-corrected chi connectivity index (χ1v) is 19.9. The lowest BCUT2D eigenvalue weighted by atomic mass is 9.73. The van der Waals surface area contributed by atoms with Gasteiger partial charge in [0.2, 0.25) is 35.4 Å². The molecule has 302 valence electrons. The maximum Gasteiger partial charge on any atom is 0.303 e. The Labute approximate surface area is 335 Å². The Bertz CT molecular complexity index is 2200. The lowest BCUT2D eigenvalue weighted by Gasteiger charge is -2.53. The fourth-order valence-corrected chi connectivity index (χ4v) is 8.83. The van der Waals surface area contributed by atoms with Crippen LogP contribution in [0, 0.1) is 5.92 Å². The maximum absolute atomic E-state index is 14.3. The number of hydrogen-bond donors (Lipinski definition) is 4. The van der Waals surface area contributed by atoms with Crippen LogP contribution in [0.15, 0.2) is 91.1 Å². The number of carboxylic acids is 1. The predicted molar refractivity (Wildman–Crippen MR) is 213 cm³/mol. The molecular weight excluding hydrogens is 741 g/mol. The molecule has 4 aromatic rings. The number of nitrogens with zero attached hydrogens (tertiary/aromatic N) is 3. The van der Waals surface area contributed by atoms with Gasteiger partial charge in [-0.15, -0.1) is 0 Å². The first-order valence-electron chi connectivity index (χ1n) is 19.9. The summed E-state index contributed by atoms with van der Waals surface area (Å²) in [5.74, 6) is -4.17. The number of aromatic nitrogens is 1. The van der Waals surface area contributed by atoms with Crippen molar-refractivity contribution in [1.82, 2.24) is 30.3 Å². The van der Waals surface area contributed by atoms with Crippen molar-refractivity contribution >= 4 is 52.3 Å². The molecule has 3 saturated heterocycles. The van der Waals surface area contributed by atoms with E-state index in [9.17, 15) is 38.7 Å². The van der Waals surface area contributed by atoms with Crippen molar-refractivity contribution < 1.29 is 38.7 Å². The number of rotatable bonds is 15. The van der Waals surface area contributed by atoms with Crippen LogP contribution >= 0.6 is 0 Å². The van der Waals surface area contributed by atoms with E-state index in [1.54, 1.807) is 36.2 Å². The number of carboxylic acid groups (broad SMARTS) is 1. The highest BCUT2D eigenvalue weighted by Crippen LogP contribution is 2.41. The number of nitrogens with one attached hydrogen (secondary N) is 3. The molecular formula is C44H48N6O8. The Morgan fingerprint density at radius 1 is 0.828 bits per heavy atom. The van der Waals surface area contributed by atoms with E-state index >= 15 is 0 Å². The van der Waals surface area contributed by atoms with E-state index in [2.05, 4.69) is 16.0 Å². The number of para-hydroxylation sites is 1. The number of fused-ring (bicyclic) bond motifs is 3. The van der Waals surface area contributed by atoms with Gasteiger partial charge in [-0.25, -0.2) is 0 Å². The van der Waals surface area contributed by atoms with Crippen LogP contribution in [0.4, 0.5) is 0 Å². The summed E-state index contributed by atoms with van der Waals surface area (Å²) in [5.41, 5.74) is 2.82. The number of piperidine rings is 2. The van der Waals surface area contributed by atoms with Gasteiger partial charge in [0.25, 0.3) is 0 Å². The molecule has 1 saturated carbocycles. The molecule has 2 bridgehead atoms. The molecule has 4 heterocycles. The maximum atomic E-state index is 14.3. The number of amides is 5. The van der Waals surface area contributed by atoms with Crippen LogP contribution in [0.2, 0.25) is 0 Å². The van der Waals surface area contributed by atoms with Gasteiger partial charge in [0.05, 0.1) is 24.4 Å². The second kappa shape index (κ2) is 17.6. The van der Waals surface area contributed by atoms with E-state index in [1.165, 1.54) is 10.8 Å². The van der Waals surface area contributed by atoms with Crippen molar-refractivity contribution in [3.05, 3.63) is 108 Å². The first kappa shape index (κ1) is 40.1. The van der Waals surface area contributed by atoms with E-state index in [-0.39, 0.29) is 49.5 Å². The number of carbonyl (C=O) groups is 7. The Morgan fingerprint density at radius 2 is 1.48 bits per heavy atom. The van der Waals surface area contributed by atoms with Crippen LogP contribution in [0.3, 0.4) is 0 Å². The summed E-state index contributed by atoms with van der Waals surface area (Å²) in [6, 6.07) is 22.1. The largest absolute Gasteiger partial charge is 0.481 e. The van der Waals surface area contributed by atoms with Gasteiger partial charge in [0.15, 0.2) is 0 Å². The number of aliphatic carboxylic acids is 1. The number of hydrogen-bond acceptors (Lipinski definition) is 8. The number of likely N-dealkylation sites (N-methyl/N-ethyl adjacent to an activating group) is 1. The topological polar surface area (TPSA) is 187 Å². The fraction of sp³-hybridized carbons (Fsp3) is 0.386. The average molecular weight is 789 g/mol. The fourth-order valence-electron chi connectivity index (χ4n) is 8.83. The molecule has 14 nitrogen and oxygen atoms in total. The number of piperazine rings is 1. The molecule has 3 aliphatic heterocycles. The second-order valence-electron chi connectivity index (χ2n) is 15.6. The molecule has 4 N–H and O–H groups in total. The quantitative estimate of drug-likeness (QED) is 0.140. The summed E-state index contributed by atoms with van der Waals surface area (Å²) in [6.07, 6.45) is 3.98. The Balaban J connectivity index is 1.14. The van der Waals surface area contributed by atoms with Gasteiger partial charge in [-0.2, -0.15) is 0 Å². The van der Waals surface area contributed by atoms with Crippen LogP contribution in [0.1, 0.15) is 66.4 Å². The molecule has 3 aromatic carbocycles. The van der Waals surface area contributed by atoms with Crippen LogP contribution in [0.5, 0.6) is 0 Å². The molecule has 8 rings (SSSR count). The van der Waals surface area contributed by atoms with Crippen molar-refractivity contribution in [1.29, 1.82) is 0 Å². The van der Waals surface area contributed by atoms with Crippen LogP contribution in [-0.2, 0) is 48.2 Å². The predicted octanol–water partition coefficient (Wildman–Crippen LogP) is 3.22. The van der Waals surface area contributed by atoms with Crippen LogP contribution < -0.4 is 16.0 Å². The van der Waals surface area contributed by atoms with Gasteiger partial charge in [-0.05, 0) is 67.8 Å². The zero-order chi connectivity index (χ0) is 40.9. The van der Waals surface area contributed by atoms with E-state index in [0.717, 1.165) is 36.8 Å². The van der Waals surface area contributed by atoms with Crippen molar-refractivity contribution in [2.24, 2.45) is 5.92 Å². The van der Waals surface area contributed by atoms with Gasteiger partial charge in [0.1, 0.15) is 18.1 Å². The van der Waals surface area contributed by atoms with Crippen molar-refractivity contribution in [3.8, 4) is 0 Å². The number of imide groups is 1. The zero-order valence-corrected chi connectivity index (χ0v) is 32.3. The smallest absolute Gasteiger partial charge is 0.303 e. The third-order valence-electron chi connectivity index (χ3n) is 11.7. The highest BCUT2D eigenvalue weighted by atomic mass is 16.4. The molecule has 4 atom stereocenters. The molecule has 1 aliphatic carbocycles. The summed E-state index contributed by atoms with van der Waals surface area (Å²) in [4.78, 5) is 97.4. The third kappa shape index (κ3) is 8.86. The normalized spacial score (nSPS) is 20.9. The number of carbonyl (C=O) groups excluding carboxylic acids is 6. The third-order valence-corrected chi connectivity index (χ3v) is 11.7. The van der Waals surface area contributed by atoms with Crippen molar-refractivity contribution in [2.75, 3.05) is 7.05 Å². The highest BCUT2D eigenvalue weighted by molar-refractivity contribution is 6.03. The second-order valence-corrected chi connectivity index (χ2v) is 15.6. The van der Waals surface area contributed by atoms with Crippen LogP contribution in [0.25, 0.3) is 10.9 Å². The molecule has 58 heavy (non-hydrogen) atoms. The van der Waals surface area contributed by atoms with Gasteiger partial charge in [0, 0.05) is 37.0 Å². The molecule has 5 amide bonds. The van der Waals surface area contributed by atoms with Crippen molar-refractivity contribution in [2.45, 2.75) is 94.5 Å². The number of benzene rings is 3. The highest BCUT2D eigenvalue weighted by Gasteiger charge is 2.52. The SMILES string of the molecule is CN(Cc1ccccc1)[C@@H](Cc1ccccc1)C(=O)NC(=O)[C@@H](Cc1cn(C(=O)CCC(=O)O)c2ccccc12)NC(=O)C[C@@H]1NC(=O)[C@@H]2C3CCC(CC3)N2C1=O.